The molecule has 2 rings (SSSR count). The van der Waals surface area contributed by atoms with Gasteiger partial charge >= 0.3 is 5.97 Å². The summed E-state index contributed by atoms with van der Waals surface area (Å²) in [6.45, 7) is 2.67. The van der Waals surface area contributed by atoms with Crippen LogP contribution < -0.4 is 0 Å². The van der Waals surface area contributed by atoms with Gasteiger partial charge in [0.1, 0.15) is 5.82 Å². The average molecular weight is 256 g/mol. The third-order valence-corrected chi connectivity index (χ3v) is 4.27. The molecule has 5 heteroatoms. The van der Waals surface area contributed by atoms with Crippen LogP contribution in [0.4, 0.5) is 4.39 Å². The number of aromatic carboxylic acids is 1. The minimum absolute atomic E-state index is 0.0254. The van der Waals surface area contributed by atoms with Gasteiger partial charge in [0.2, 0.25) is 0 Å². The quantitative estimate of drug-likeness (QED) is 0.903. The lowest BCUT2D eigenvalue weighted by Crippen LogP contribution is -2.13. The van der Waals surface area contributed by atoms with Gasteiger partial charge < -0.3 is 9.84 Å². The van der Waals surface area contributed by atoms with E-state index in [1.165, 1.54) is 23.9 Å². The van der Waals surface area contributed by atoms with Crippen molar-refractivity contribution in [2.45, 2.75) is 29.6 Å². The Morgan fingerprint density at radius 3 is 2.88 bits per heavy atom. The van der Waals surface area contributed by atoms with Gasteiger partial charge in [-0.3, -0.25) is 0 Å². The second-order valence-corrected chi connectivity index (χ2v) is 5.25. The Bertz CT molecular complexity index is 436. The standard InChI is InChI=1S/C12H13FO3S/c1-7-10(4-5-16-7)17-11-3-2-8(12(14)15)6-9(11)13/h2-3,6-7,10H,4-5H2,1H3,(H,14,15). The molecule has 1 N–H and O–H groups in total. The summed E-state index contributed by atoms with van der Waals surface area (Å²) < 4.78 is 19.1. The maximum Gasteiger partial charge on any atom is 0.335 e. The predicted octanol–water partition coefficient (Wildman–Crippen LogP) is 2.79. The summed E-state index contributed by atoms with van der Waals surface area (Å²) in [5, 5.41) is 8.97. The molecule has 92 valence electrons. The molecule has 1 saturated heterocycles. The van der Waals surface area contributed by atoms with Crippen LogP contribution in [0, 0.1) is 5.82 Å². The highest BCUT2D eigenvalue weighted by molar-refractivity contribution is 8.00. The predicted molar refractivity (Wildman–Crippen MR) is 63.0 cm³/mol. The zero-order valence-electron chi connectivity index (χ0n) is 9.35. The monoisotopic (exact) mass is 256 g/mol. The molecule has 2 atom stereocenters. The molecule has 1 aromatic rings. The summed E-state index contributed by atoms with van der Waals surface area (Å²) in [4.78, 5) is 11.2. The van der Waals surface area contributed by atoms with Crippen LogP contribution in [0.25, 0.3) is 0 Å². The van der Waals surface area contributed by atoms with Gasteiger partial charge in [-0.25, -0.2) is 9.18 Å². The largest absolute Gasteiger partial charge is 0.478 e. The molecule has 1 aromatic carbocycles. The highest BCUT2D eigenvalue weighted by Gasteiger charge is 2.26. The molecule has 1 aliphatic heterocycles. The molecule has 1 heterocycles. The fourth-order valence-corrected chi connectivity index (χ4v) is 2.89. The molecular weight excluding hydrogens is 243 g/mol. The lowest BCUT2D eigenvalue weighted by molar-refractivity contribution is 0.0696. The molecule has 0 aliphatic carbocycles. The summed E-state index contributed by atoms with van der Waals surface area (Å²) in [7, 11) is 0. The van der Waals surface area contributed by atoms with Crippen LogP contribution in [0.15, 0.2) is 23.1 Å². The van der Waals surface area contributed by atoms with Crippen LogP contribution in [0.3, 0.4) is 0 Å². The van der Waals surface area contributed by atoms with Crippen molar-refractivity contribution in [3.63, 3.8) is 0 Å². The Kier molecular flexibility index (Phi) is 3.69. The van der Waals surface area contributed by atoms with Crippen molar-refractivity contribution in [2.75, 3.05) is 6.61 Å². The molecule has 1 aliphatic rings. The molecular formula is C12H13FO3S. The molecule has 1 fully saturated rings. The average Bonchev–Trinajstić information content (AvgIpc) is 2.67. The summed E-state index contributed by atoms with van der Waals surface area (Å²) >= 11 is 1.41. The summed E-state index contributed by atoms with van der Waals surface area (Å²) in [5.74, 6) is -1.59. The van der Waals surface area contributed by atoms with E-state index in [1.807, 2.05) is 6.92 Å². The van der Waals surface area contributed by atoms with Gasteiger partial charge in [0.05, 0.1) is 11.7 Å². The van der Waals surface area contributed by atoms with Crippen molar-refractivity contribution in [3.05, 3.63) is 29.6 Å². The fraction of sp³-hybridized carbons (Fsp3) is 0.417. The first kappa shape index (κ1) is 12.4. The van der Waals surface area contributed by atoms with Crippen LogP contribution in [-0.4, -0.2) is 29.0 Å². The Balaban J connectivity index is 2.14. The van der Waals surface area contributed by atoms with Gasteiger partial charge in [0, 0.05) is 16.8 Å². The second kappa shape index (κ2) is 5.06. The van der Waals surface area contributed by atoms with Gasteiger partial charge in [-0.05, 0) is 31.5 Å². The Morgan fingerprint density at radius 1 is 1.59 bits per heavy atom. The smallest absolute Gasteiger partial charge is 0.335 e. The first-order valence-corrected chi connectivity index (χ1v) is 6.27. The number of benzene rings is 1. The van der Waals surface area contributed by atoms with Crippen molar-refractivity contribution in [1.29, 1.82) is 0 Å². The third-order valence-electron chi connectivity index (χ3n) is 2.76. The third kappa shape index (κ3) is 2.79. The van der Waals surface area contributed by atoms with E-state index in [2.05, 4.69) is 0 Å². The Morgan fingerprint density at radius 2 is 2.35 bits per heavy atom. The Hall–Kier alpha value is -1.07. The number of carbonyl (C=O) groups is 1. The van der Waals surface area contributed by atoms with E-state index in [0.29, 0.717) is 11.5 Å². The van der Waals surface area contributed by atoms with Crippen LogP contribution >= 0.6 is 11.8 Å². The van der Waals surface area contributed by atoms with Crippen LogP contribution in [0.5, 0.6) is 0 Å². The molecule has 0 radical (unpaired) electrons. The van der Waals surface area contributed by atoms with Gasteiger partial charge in [0.25, 0.3) is 0 Å². The number of hydrogen-bond acceptors (Lipinski definition) is 3. The molecule has 0 bridgehead atoms. The normalized spacial score (nSPS) is 23.9. The fourth-order valence-electron chi connectivity index (χ4n) is 1.76. The van der Waals surface area contributed by atoms with E-state index < -0.39 is 11.8 Å². The number of thioether (sulfide) groups is 1. The molecule has 0 amide bonds. The lowest BCUT2D eigenvalue weighted by Gasteiger charge is -2.13. The number of ether oxygens (including phenoxy) is 1. The first-order chi connectivity index (χ1) is 8.08. The van der Waals surface area contributed by atoms with Crippen LogP contribution in [-0.2, 0) is 4.74 Å². The number of rotatable bonds is 3. The number of hydrogen-bond donors (Lipinski definition) is 1. The zero-order valence-corrected chi connectivity index (χ0v) is 10.2. The van der Waals surface area contributed by atoms with Gasteiger partial charge in [-0.2, -0.15) is 0 Å². The molecule has 0 saturated carbocycles. The van der Waals surface area contributed by atoms with E-state index in [-0.39, 0.29) is 16.9 Å². The first-order valence-electron chi connectivity index (χ1n) is 5.39. The van der Waals surface area contributed by atoms with Gasteiger partial charge in [0.15, 0.2) is 0 Å². The summed E-state index contributed by atoms with van der Waals surface area (Å²) in [6, 6.07) is 4.01. The zero-order chi connectivity index (χ0) is 12.4. The number of halogens is 1. The van der Waals surface area contributed by atoms with Gasteiger partial charge in [-0.1, -0.05) is 0 Å². The van der Waals surface area contributed by atoms with E-state index >= 15 is 0 Å². The van der Waals surface area contributed by atoms with E-state index in [4.69, 9.17) is 9.84 Å². The second-order valence-electron chi connectivity index (χ2n) is 3.97. The maximum absolute atomic E-state index is 13.7. The molecule has 0 spiro atoms. The van der Waals surface area contributed by atoms with E-state index in [1.54, 1.807) is 0 Å². The van der Waals surface area contributed by atoms with Crippen LogP contribution in [0.2, 0.25) is 0 Å². The maximum atomic E-state index is 13.7. The topological polar surface area (TPSA) is 46.5 Å². The number of carboxylic acids is 1. The van der Waals surface area contributed by atoms with Crippen molar-refractivity contribution in [2.24, 2.45) is 0 Å². The summed E-state index contributed by atoms with van der Waals surface area (Å²) in [5.41, 5.74) is -0.0254. The molecule has 3 nitrogen and oxygen atoms in total. The van der Waals surface area contributed by atoms with Crippen molar-refractivity contribution in [1.82, 2.24) is 0 Å². The van der Waals surface area contributed by atoms with Gasteiger partial charge in [-0.15, -0.1) is 11.8 Å². The van der Waals surface area contributed by atoms with E-state index in [9.17, 15) is 9.18 Å². The van der Waals surface area contributed by atoms with Crippen LogP contribution in [0.1, 0.15) is 23.7 Å². The molecule has 17 heavy (non-hydrogen) atoms. The number of carboxylic acid groups (broad SMARTS) is 1. The lowest BCUT2D eigenvalue weighted by atomic mass is 10.2. The summed E-state index contributed by atoms with van der Waals surface area (Å²) in [6.07, 6.45) is 1.00. The SMILES string of the molecule is CC1OCCC1Sc1ccc(C(=O)O)cc1F. The highest BCUT2D eigenvalue weighted by atomic mass is 32.2. The minimum atomic E-state index is -1.11. The highest BCUT2D eigenvalue weighted by Crippen LogP contribution is 2.34. The van der Waals surface area contributed by atoms with Crippen molar-refractivity contribution < 1.29 is 19.0 Å². The Labute approximate surface area is 103 Å². The molecule has 0 aromatic heterocycles. The van der Waals surface area contributed by atoms with E-state index in [0.717, 1.165) is 12.5 Å². The molecule has 2 unspecified atom stereocenters. The van der Waals surface area contributed by atoms with Crippen molar-refractivity contribution >= 4 is 17.7 Å². The van der Waals surface area contributed by atoms with Crippen molar-refractivity contribution in [3.8, 4) is 0 Å². The minimum Gasteiger partial charge on any atom is -0.478 e.